The lowest BCUT2D eigenvalue weighted by atomic mass is 9.88. The van der Waals surface area contributed by atoms with Gasteiger partial charge in [0, 0.05) is 43.9 Å². The second-order valence-electron chi connectivity index (χ2n) is 8.93. The molecule has 1 aliphatic heterocycles. The van der Waals surface area contributed by atoms with E-state index in [0.717, 1.165) is 47.5 Å². The fourth-order valence-corrected chi connectivity index (χ4v) is 5.21. The van der Waals surface area contributed by atoms with Crippen molar-refractivity contribution in [2.45, 2.75) is 57.9 Å². The number of fused-ring (bicyclic) bond motifs is 1. The van der Waals surface area contributed by atoms with Gasteiger partial charge in [0.1, 0.15) is 6.04 Å². The molecule has 35 heavy (non-hydrogen) atoms. The minimum Gasteiger partial charge on any atom is -0.358 e. The zero-order valence-corrected chi connectivity index (χ0v) is 20.3. The van der Waals surface area contributed by atoms with E-state index in [1.165, 1.54) is 5.69 Å². The summed E-state index contributed by atoms with van der Waals surface area (Å²) in [6.07, 6.45) is -2.32. The number of benzene rings is 2. The van der Waals surface area contributed by atoms with Gasteiger partial charge in [0.15, 0.2) is 0 Å². The summed E-state index contributed by atoms with van der Waals surface area (Å²) in [6, 6.07) is 14.5. The number of aryl methyl sites for hydroxylation is 3. The highest BCUT2D eigenvalue weighted by atomic mass is 19.4. The number of likely N-dealkylation sites (N-methyl/N-ethyl adjacent to an activating group) is 1. The van der Waals surface area contributed by atoms with Crippen LogP contribution in [0, 0.1) is 6.92 Å². The molecule has 1 N–H and O–H groups in total. The molecule has 5 nitrogen and oxygen atoms in total. The topological polar surface area (TPSA) is 50.2 Å². The molecular weight excluding hydrogens is 453 g/mol. The van der Waals surface area contributed by atoms with E-state index in [0.29, 0.717) is 19.4 Å². The van der Waals surface area contributed by atoms with Crippen molar-refractivity contribution < 1.29 is 18.0 Å². The Morgan fingerprint density at radius 3 is 2.43 bits per heavy atom. The second-order valence-corrected chi connectivity index (χ2v) is 8.93. The average Bonchev–Trinajstić information content (AvgIpc) is 3.19. The van der Waals surface area contributed by atoms with E-state index < -0.39 is 17.8 Å². The summed E-state index contributed by atoms with van der Waals surface area (Å²) in [6.45, 7) is 5.51. The van der Waals surface area contributed by atoms with Crippen LogP contribution in [0.1, 0.15) is 59.1 Å². The van der Waals surface area contributed by atoms with Gasteiger partial charge in [-0.3, -0.25) is 14.4 Å². The molecule has 4 rings (SSSR count). The largest absolute Gasteiger partial charge is 0.416 e. The summed E-state index contributed by atoms with van der Waals surface area (Å²) in [5.41, 5.74) is 4.36. The molecule has 1 aliphatic rings. The van der Waals surface area contributed by atoms with Crippen LogP contribution in [0.25, 0.3) is 0 Å². The quantitative estimate of drug-likeness (QED) is 0.498. The number of alkyl halides is 3. The highest BCUT2D eigenvalue weighted by molar-refractivity contribution is 5.83. The van der Waals surface area contributed by atoms with Gasteiger partial charge in [0.2, 0.25) is 5.91 Å². The first-order chi connectivity index (χ1) is 16.7. The summed E-state index contributed by atoms with van der Waals surface area (Å²) in [5, 5.41) is 7.57. The Balaban J connectivity index is 1.70. The van der Waals surface area contributed by atoms with Crippen molar-refractivity contribution in [3.63, 3.8) is 0 Å². The van der Waals surface area contributed by atoms with Gasteiger partial charge in [-0.1, -0.05) is 42.5 Å². The van der Waals surface area contributed by atoms with Crippen molar-refractivity contribution in [1.29, 1.82) is 0 Å². The number of halogens is 3. The molecule has 2 heterocycles. The van der Waals surface area contributed by atoms with Crippen LogP contribution in [0.4, 0.5) is 13.2 Å². The lowest BCUT2D eigenvalue weighted by molar-refractivity contribution is -0.137. The highest BCUT2D eigenvalue weighted by Gasteiger charge is 2.39. The predicted octanol–water partition coefficient (Wildman–Crippen LogP) is 5.25. The number of rotatable bonds is 7. The smallest absolute Gasteiger partial charge is 0.358 e. The molecule has 3 aromatic rings. The maximum atomic E-state index is 13.1. The molecule has 2 unspecified atom stereocenters. The molecule has 0 aliphatic carbocycles. The molecule has 0 saturated carbocycles. The minimum atomic E-state index is -4.35. The molecule has 186 valence electrons. The molecule has 2 aromatic carbocycles. The van der Waals surface area contributed by atoms with E-state index in [2.05, 4.69) is 17.1 Å². The Hall–Kier alpha value is -3.13. The van der Waals surface area contributed by atoms with Crippen LogP contribution in [0.2, 0.25) is 0 Å². The Kier molecular flexibility index (Phi) is 7.31. The number of aromatic nitrogens is 2. The standard InChI is InChI=1S/C27H31F3N4O/c1-4-34-23-16-17-33(25(26(35)31-3)20-8-6-5-7-9-20)22(24(23)18(2)32-34)15-12-19-10-13-21(14-11-19)27(28,29)30/h5-11,13-14,22,25H,4,12,15-17H2,1-3H3,(H,31,35). The van der Waals surface area contributed by atoms with Gasteiger partial charge in [-0.05, 0) is 49.9 Å². The molecule has 0 bridgehead atoms. The third-order valence-electron chi connectivity index (χ3n) is 6.85. The zero-order chi connectivity index (χ0) is 25.2. The first-order valence-corrected chi connectivity index (χ1v) is 12.0. The molecule has 8 heteroatoms. The van der Waals surface area contributed by atoms with E-state index in [4.69, 9.17) is 5.10 Å². The summed E-state index contributed by atoms with van der Waals surface area (Å²) < 4.78 is 41.0. The second kappa shape index (κ2) is 10.2. The van der Waals surface area contributed by atoms with Crippen LogP contribution in [0.15, 0.2) is 54.6 Å². The lowest BCUT2D eigenvalue weighted by Crippen LogP contribution is -2.45. The molecule has 1 amide bonds. The fraction of sp³-hybridized carbons (Fsp3) is 0.407. The van der Waals surface area contributed by atoms with Gasteiger partial charge in [0.25, 0.3) is 0 Å². The van der Waals surface area contributed by atoms with E-state index in [1.54, 1.807) is 19.2 Å². The number of hydrogen-bond donors (Lipinski definition) is 1. The number of amides is 1. The maximum Gasteiger partial charge on any atom is 0.416 e. The number of carbonyl (C=O) groups is 1. The van der Waals surface area contributed by atoms with Gasteiger partial charge in [-0.2, -0.15) is 18.3 Å². The van der Waals surface area contributed by atoms with Crippen LogP contribution in [0.3, 0.4) is 0 Å². The minimum absolute atomic E-state index is 0.0836. The monoisotopic (exact) mass is 484 g/mol. The van der Waals surface area contributed by atoms with E-state index in [9.17, 15) is 18.0 Å². The first kappa shape index (κ1) is 25.0. The van der Waals surface area contributed by atoms with Crippen molar-refractivity contribution >= 4 is 5.91 Å². The van der Waals surface area contributed by atoms with Crippen LogP contribution >= 0.6 is 0 Å². The Morgan fingerprint density at radius 2 is 1.83 bits per heavy atom. The van der Waals surface area contributed by atoms with Crippen molar-refractivity contribution in [2.75, 3.05) is 13.6 Å². The third kappa shape index (κ3) is 5.12. The van der Waals surface area contributed by atoms with Gasteiger partial charge in [-0.25, -0.2) is 0 Å². The normalized spacial score (nSPS) is 17.1. The van der Waals surface area contributed by atoms with Crippen LogP contribution < -0.4 is 5.32 Å². The van der Waals surface area contributed by atoms with Crippen molar-refractivity contribution in [3.8, 4) is 0 Å². The van der Waals surface area contributed by atoms with Gasteiger partial charge in [0.05, 0.1) is 11.3 Å². The third-order valence-corrected chi connectivity index (χ3v) is 6.85. The summed E-state index contributed by atoms with van der Waals surface area (Å²) in [5.74, 6) is -0.0836. The molecule has 0 radical (unpaired) electrons. The number of nitrogens with zero attached hydrogens (tertiary/aromatic N) is 3. The highest BCUT2D eigenvalue weighted by Crippen LogP contribution is 2.41. The molecule has 0 spiro atoms. The fourth-order valence-electron chi connectivity index (χ4n) is 5.21. The van der Waals surface area contributed by atoms with E-state index in [1.807, 2.05) is 41.9 Å². The van der Waals surface area contributed by atoms with Crippen LogP contribution in [0.5, 0.6) is 0 Å². The number of carbonyl (C=O) groups excluding carboxylic acids is 1. The predicted molar refractivity (Wildman–Crippen MR) is 129 cm³/mol. The van der Waals surface area contributed by atoms with Crippen molar-refractivity contribution in [3.05, 3.63) is 88.2 Å². The molecule has 0 fully saturated rings. The molecular formula is C27H31F3N4O. The summed E-state index contributed by atoms with van der Waals surface area (Å²) in [7, 11) is 1.64. The molecule has 0 saturated heterocycles. The van der Waals surface area contributed by atoms with Gasteiger partial charge >= 0.3 is 6.18 Å². The average molecular weight is 485 g/mol. The van der Waals surface area contributed by atoms with E-state index in [-0.39, 0.29) is 11.9 Å². The van der Waals surface area contributed by atoms with Crippen LogP contribution in [-0.2, 0) is 30.4 Å². The maximum absolute atomic E-state index is 13.1. The first-order valence-electron chi connectivity index (χ1n) is 12.0. The summed E-state index contributed by atoms with van der Waals surface area (Å²) >= 11 is 0. The van der Waals surface area contributed by atoms with Gasteiger partial charge in [-0.15, -0.1) is 0 Å². The molecule has 1 aromatic heterocycles. The Bertz CT molecular complexity index is 1160. The van der Waals surface area contributed by atoms with Crippen molar-refractivity contribution in [1.82, 2.24) is 20.0 Å². The van der Waals surface area contributed by atoms with Gasteiger partial charge < -0.3 is 5.32 Å². The Morgan fingerprint density at radius 1 is 1.14 bits per heavy atom. The van der Waals surface area contributed by atoms with Crippen LogP contribution in [-0.4, -0.2) is 34.2 Å². The molecule has 2 atom stereocenters. The number of hydrogen-bond acceptors (Lipinski definition) is 3. The van der Waals surface area contributed by atoms with E-state index >= 15 is 0 Å². The van der Waals surface area contributed by atoms with Crippen molar-refractivity contribution in [2.24, 2.45) is 0 Å². The number of nitrogens with one attached hydrogen (secondary N) is 1. The Labute approximate surface area is 203 Å². The summed E-state index contributed by atoms with van der Waals surface area (Å²) in [4.78, 5) is 15.4. The lowest BCUT2D eigenvalue weighted by Gasteiger charge is -2.41. The zero-order valence-electron chi connectivity index (χ0n) is 20.3. The SMILES string of the molecule is CCn1nc(C)c2c1CCN(C(C(=O)NC)c1ccccc1)C2CCc1ccc(C(F)(F)F)cc1.